The first-order valence-electron chi connectivity index (χ1n) is 7.40. The highest BCUT2D eigenvalue weighted by molar-refractivity contribution is 7.16. The molecule has 0 radical (unpaired) electrons. The van der Waals surface area contributed by atoms with Gasteiger partial charge in [0, 0.05) is 24.0 Å². The Hall–Kier alpha value is -2.21. The molecule has 1 aromatic carbocycles. The molecule has 112 valence electrons. The van der Waals surface area contributed by atoms with Gasteiger partial charge in [0.1, 0.15) is 5.01 Å². The molecule has 0 N–H and O–H groups in total. The molecule has 1 aliphatic rings. The molecule has 0 bridgehead atoms. The van der Waals surface area contributed by atoms with Crippen molar-refractivity contribution in [2.45, 2.75) is 26.3 Å². The Kier molecular flexibility index (Phi) is 3.18. The van der Waals surface area contributed by atoms with Crippen molar-refractivity contribution in [2.24, 2.45) is 0 Å². The van der Waals surface area contributed by atoms with Gasteiger partial charge in [-0.1, -0.05) is 29.5 Å². The van der Waals surface area contributed by atoms with Gasteiger partial charge in [-0.15, -0.1) is 0 Å². The fraction of sp³-hybridized carbons (Fsp3) is 0.312. The molecule has 0 saturated heterocycles. The van der Waals surface area contributed by atoms with E-state index in [1.165, 1.54) is 33.2 Å². The van der Waals surface area contributed by atoms with E-state index in [9.17, 15) is 4.79 Å². The van der Waals surface area contributed by atoms with Crippen molar-refractivity contribution < 1.29 is 0 Å². The second-order valence-electron chi connectivity index (χ2n) is 5.58. The number of benzene rings is 1. The molecule has 0 unspecified atom stereocenters. The Morgan fingerprint density at radius 2 is 2.18 bits per heavy atom. The number of hydrogen-bond donors (Lipinski definition) is 0. The molecule has 0 fully saturated rings. The Balaban J connectivity index is 1.70. The van der Waals surface area contributed by atoms with Gasteiger partial charge in [-0.3, -0.25) is 4.79 Å². The van der Waals surface area contributed by atoms with Crippen molar-refractivity contribution in [3.05, 3.63) is 57.0 Å². The molecular formula is C16H16N4OS. The molecule has 3 aromatic rings. The van der Waals surface area contributed by atoms with Crippen LogP contribution in [-0.4, -0.2) is 21.1 Å². The van der Waals surface area contributed by atoms with E-state index in [4.69, 9.17) is 0 Å². The van der Waals surface area contributed by atoms with Crippen molar-refractivity contribution in [1.82, 2.24) is 14.6 Å². The van der Waals surface area contributed by atoms with Crippen LogP contribution in [0.1, 0.15) is 22.7 Å². The maximum absolute atomic E-state index is 12.0. The standard InChI is InChI=1S/C16H16N4OS/c1-11-9-15(21)20-16(17-11)22-14(18-20)10-19-8-4-6-12-5-2-3-7-13(12)19/h2-3,5,7,9H,4,6,8,10H2,1H3. The fourth-order valence-electron chi connectivity index (χ4n) is 2.96. The first-order valence-corrected chi connectivity index (χ1v) is 8.21. The molecule has 0 spiro atoms. The zero-order chi connectivity index (χ0) is 15.1. The van der Waals surface area contributed by atoms with E-state index in [0.29, 0.717) is 4.96 Å². The van der Waals surface area contributed by atoms with Crippen molar-refractivity contribution in [3.63, 3.8) is 0 Å². The van der Waals surface area contributed by atoms with Gasteiger partial charge in [0.05, 0.1) is 6.54 Å². The lowest BCUT2D eigenvalue weighted by molar-refractivity contribution is 0.682. The molecule has 6 heteroatoms. The Morgan fingerprint density at radius 3 is 3.09 bits per heavy atom. The van der Waals surface area contributed by atoms with Gasteiger partial charge < -0.3 is 4.90 Å². The number of nitrogens with zero attached hydrogens (tertiary/aromatic N) is 4. The lowest BCUT2D eigenvalue weighted by Gasteiger charge is -2.30. The summed E-state index contributed by atoms with van der Waals surface area (Å²) in [6.45, 7) is 3.58. The van der Waals surface area contributed by atoms with Crippen LogP contribution in [0.5, 0.6) is 0 Å². The lowest BCUT2D eigenvalue weighted by atomic mass is 10.0. The van der Waals surface area contributed by atoms with E-state index in [0.717, 1.165) is 36.6 Å². The third-order valence-electron chi connectivity index (χ3n) is 3.95. The van der Waals surface area contributed by atoms with Crippen LogP contribution in [-0.2, 0) is 13.0 Å². The summed E-state index contributed by atoms with van der Waals surface area (Å²) in [5, 5.41) is 5.36. The molecule has 0 aliphatic carbocycles. The van der Waals surface area contributed by atoms with Crippen LogP contribution in [0.3, 0.4) is 0 Å². The number of aryl methyl sites for hydroxylation is 2. The zero-order valence-electron chi connectivity index (χ0n) is 12.3. The van der Waals surface area contributed by atoms with Gasteiger partial charge in [0.2, 0.25) is 4.96 Å². The minimum absolute atomic E-state index is 0.107. The van der Waals surface area contributed by atoms with Crippen molar-refractivity contribution >= 4 is 22.0 Å². The maximum Gasteiger partial charge on any atom is 0.275 e. The highest BCUT2D eigenvalue weighted by atomic mass is 32.1. The summed E-state index contributed by atoms with van der Waals surface area (Å²) < 4.78 is 1.41. The van der Waals surface area contributed by atoms with E-state index >= 15 is 0 Å². The van der Waals surface area contributed by atoms with Crippen molar-refractivity contribution in [3.8, 4) is 0 Å². The summed E-state index contributed by atoms with van der Waals surface area (Å²) in [7, 11) is 0. The first kappa shape index (κ1) is 13.5. The highest BCUT2D eigenvalue weighted by Crippen LogP contribution is 2.28. The molecule has 5 nitrogen and oxygen atoms in total. The molecule has 3 heterocycles. The monoisotopic (exact) mass is 312 g/mol. The average molecular weight is 312 g/mol. The Labute approximate surface area is 131 Å². The van der Waals surface area contributed by atoms with Gasteiger partial charge in [0.15, 0.2) is 0 Å². The summed E-state index contributed by atoms with van der Waals surface area (Å²) in [5.74, 6) is 0. The van der Waals surface area contributed by atoms with Crippen LogP contribution in [0.15, 0.2) is 35.1 Å². The van der Waals surface area contributed by atoms with Crippen LogP contribution in [0, 0.1) is 6.92 Å². The molecule has 0 amide bonds. The summed E-state index contributed by atoms with van der Waals surface area (Å²) in [6.07, 6.45) is 2.28. The SMILES string of the molecule is Cc1cc(=O)n2nc(CN3CCCc4ccccc43)sc2n1. The van der Waals surface area contributed by atoms with Gasteiger partial charge in [0.25, 0.3) is 5.56 Å². The van der Waals surface area contributed by atoms with Gasteiger partial charge in [-0.25, -0.2) is 4.98 Å². The van der Waals surface area contributed by atoms with E-state index in [-0.39, 0.29) is 5.56 Å². The van der Waals surface area contributed by atoms with E-state index in [2.05, 4.69) is 39.2 Å². The van der Waals surface area contributed by atoms with Crippen LogP contribution in [0.2, 0.25) is 0 Å². The van der Waals surface area contributed by atoms with Crippen LogP contribution >= 0.6 is 11.3 Å². The number of anilines is 1. The maximum atomic E-state index is 12.0. The predicted molar refractivity (Wildman–Crippen MR) is 87.7 cm³/mol. The third-order valence-corrected chi connectivity index (χ3v) is 4.84. The zero-order valence-corrected chi connectivity index (χ0v) is 13.1. The number of para-hydroxylation sites is 1. The quantitative estimate of drug-likeness (QED) is 0.729. The number of rotatable bonds is 2. The molecule has 22 heavy (non-hydrogen) atoms. The molecule has 1 aliphatic heterocycles. The second kappa shape index (κ2) is 5.21. The number of hydrogen-bond acceptors (Lipinski definition) is 5. The summed E-state index contributed by atoms with van der Waals surface area (Å²) in [5.41, 5.74) is 3.30. The molecular weight excluding hydrogens is 296 g/mol. The first-order chi connectivity index (χ1) is 10.7. The van der Waals surface area contributed by atoms with Gasteiger partial charge in [-0.2, -0.15) is 9.61 Å². The minimum Gasteiger partial charge on any atom is -0.364 e. The third kappa shape index (κ3) is 2.29. The van der Waals surface area contributed by atoms with Crippen molar-refractivity contribution in [1.29, 1.82) is 0 Å². The smallest absolute Gasteiger partial charge is 0.275 e. The van der Waals surface area contributed by atoms with Crippen LogP contribution in [0.4, 0.5) is 5.69 Å². The normalized spacial score (nSPS) is 14.3. The lowest BCUT2D eigenvalue weighted by Crippen LogP contribution is -2.28. The average Bonchev–Trinajstić information content (AvgIpc) is 2.90. The van der Waals surface area contributed by atoms with E-state index in [1.807, 2.05) is 6.92 Å². The minimum atomic E-state index is -0.107. The fourth-order valence-corrected chi connectivity index (χ4v) is 3.92. The van der Waals surface area contributed by atoms with E-state index in [1.54, 1.807) is 0 Å². The Morgan fingerprint density at radius 1 is 1.32 bits per heavy atom. The summed E-state index contributed by atoms with van der Waals surface area (Å²) in [4.78, 5) is 19.4. The van der Waals surface area contributed by atoms with Crippen LogP contribution < -0.4 is 10.5 Å². The molecule has 2 aromatic heterocycles. The van der Waals surface area contributed by atoms with Crippen molar-refractivity contribution in [2.75, 3.05) is 11.4 Å². The highest BCUT2D eigenvalue weighted by Gasteiger charge is 2.18. The largest absolute Gasteiger partial charge is 0.364 e. The van der Waals surface area contributed by atoms with Crippen LogP contribution in [0.25, 0.3) is 4.96 Å². The molecule has 0 saturated carbocycles. The van der Waals surface area contributed by atoms with Gasteiger partial charge >= 0.3 is 0 Å². The van der Waals surface area contributed by atoms with E-state index < -0.39 is 0 Å². The van der Waals surface area contributed by atoms with Gasteiger partial charge in [-0.05, 0) is 31.4 Å². The summed E-state index contributed by atoms with van der Waals surface area (Å²) >= 11 is 1.49. The number of fused-ring (bicyclic) bond motifs is 2. The summed E-state index contributed by atoms with van der Waals surface area (Å²) in [6, 6.07) is 10.0. The topological polar surface area (TPSA) is 50.5 Å². The Bertz CT molecular complexity index is 899. The molecule has 0 atom stereocenters. The predicted octanol–water partition coefficient (Wildman–Crippen LogP) is 2.41. The molecule has 4 rings (SSSR count). The second-order valence-corrected chi connectivity index (χ2v) is 6.62. The number of aromatic nitrogens is 3.